The Balaban J connectivity index is 1.74. The second-order valence-electron chi connectivity index (χ2n) is 5.70. The van der Waals surface area contributed by atoms with E-state index in [1.807, 2.05) is 30.3 Å². The van der Waals surface area contributed by atoms with E-state index in [4.69, 9.17) is 5.73 Å². The molecule has 3 aromatic rings. The molecule has 0 aromatic heterocycles. The number of amides is 1. The number of anilines is 2. The highest BCUT2D eigenvalue weighted by Gasteiger charge is 2.30. The summed E-state index contributed by atoms with van der Waals surface area (Å²) in [5.74, 6) is -0.635. The van der Waals surface area contributed by atoms with Crippen LogP contribution in [0.3, 0.4) is 0 Å². The fourth-order valence-corrected chi connectivity index (χ4v) is 3.23. The van der Waals surface area contributed by atoms with Crippen molar-refractivity contribution in [2.24, 2.45) is 0 Å². The van der Waals surface area contributed by atoms with Gasteiger partial charge in [-0.25, -0.2) is 0 Å². The quantitative estimate of drug-likeness (QED) is 0.565. The fourth-order valence-electron chi connectivity index (χ4n) is 2.37. The number of nitrogens with one attached hydrogen (secondary N) is 1. The molecule has 27 heavy (non-hydrogen) atoms. The molecule has 0 saturated carbocycles. The number of nitrogens with two attached hydrogens (primary N) is 1. The molecule has 3 nitrogen and oxygen atoms in total. The molecule has 0 saturated heterocycles. The number of alkyl halides is 3. The molecule has 0 heterocycles. The van der Waals surface area contributed by atoms with E-state index in [-0.39, 0.29) is 5.56 Å². The van der Waals surface area contributed by atoms with Crippen molar-refractivity contribution in [1.29, 1.82) is 0 Å². The zero-order valence-electron chi connectivity index (χ0n) is 14.0. The third-order valence-corrected chi connectivity index (χ3v) is 4.79. The first-order valence-electron chi connectivity index (χ1n) is 7.94. The van der Waals surface area contributed by atoms with Gasteiger partial charge >= 0.3 is 6.18 Å². The summed E-state index contributed by atoms with van der Waals surface area (Å²) < 4.78 is 38.4. The minimum atomic E-state index is -4.50. The van der Waals surface area contributed by atoms with Crippen LogP contribution in [0.5, 0.6) is 0 Å². The highest BCUT2D eigenvalue weighted by Crippen LogP contribution is 2.34. The van der Waals surface area contributed by atoms with Gasteiger partial charge in [0.05, 0.1) is 5.56 Å². The molecule has 3 aromatic carbocycles. The molecule has 7 heteroatoms. The first-order valence-corrected chi connectivity index (χ1v) is 8.75. The van der Waals surface area contributed by atoms with Crippen molar-refractivity contribution in [2.45, 2.75) is 16.0 Å². The third-order valence-electron chi connectivity index (χ3n) is 3.69. The van der Waals surface area contributed by atoms with E-state index in [1.54, 1.807) is 18.2 Å². The predicted molar refractivity (Wildman–Crippen MR) is 101 cm³/mol. The molecule has 138 valence electrons. The third kappa shape index (κ3) is 4.83. The molecule has 0 bridgehead atoms. The van der Waals surface area contributed by atoms with Gasteiger partial charge in [-0.3, -0.25) is 4.79 Å². The number of rotatable bonds is 4. The number of nitrogen functional groups attached to an aromatic ring is 1. The van der Waals surface area contributed by atoms with Gasteiger partial charge in [0.1, 0.15) is 0 Å². The van der Waals surface area contributed by atoms with Crippen LogP contribution in [0.2, 0.25) is 0 Å². The van der Waals surface area contributed by atoms with Gasteiger partial charge in [-0.2, -0.15) is 13.2 Å². The lowest BCUT2D eigenvalue weighted by atomic mass is 10.1. The Hall–Kier alpha value is -2.93. The maximum absolute atomic E-state index is 12.8. The van der Waals surface area contributed by atoms with Crippen LogP contribution in [0, 0.1) is 0 Å². The van der Waals surface area contributed by atoms with Crippen LogP contribution in [0.15, 0.2) is 82.6 Å². The Labute approximate surface area is 158 Å². The van der Waals surface area contributed by atoms with Gasteiger partial charge in [-0.05, 0) is 48.5 Å². The topological polar surface area (TPSA) is 55.1 Å². The van der Waals surface area contributed by atoms with Gasteiger partial charge in [0.15, 0.2) is 0 Å². The van der Waals surface area contributed by atoms with Gasteiger partial charge in [0, 0.05) is 26.7 Å². The second-order valence-corrected chi connectivity index (χ2v) is 6.82. The molecule has 0 fully saturated rings. The normalized spacial score (nSPS) is 11.2. The van der Waals surface area contributed by atoms with Crippen molar-refractivity contribution >= 4 is 29.0 Å². The summed E-state index contributed by atoms with van der Waals surface area (Å²) in [5, 5.41) is 2.57. The second kappa shape index (κ2) is 7.75. The summed E-state index contributed by atoms with van der Waals surface area (Å²) in [6, 6.07) is 18.9. The van der Waals surface area contributed by atoms with Crippen LogP contribution < -0.4 is 11.1 Å². The van der Waals surface area contributed by atoms with E-state index >= 15 is 0 Å². The summed E-state index contributed by atoms with van der Waals surface area (Å²) in [4.78, 5) is 14.1. The monoisotopic (exact) mass is 388 g/mol. The number of hydrogen-bond acceptors (Lipinski definition) is 3. The van der Waals surface area contributed by atoms with Crippen molar-refractivity contribution in [3.05, 3.63) is 83.9 Å². The zero-order chi connectivity index (χ0) is 19.4. The molecule has 3 rings (SSSR count). The van der Waals surface area contributed by atoms with Crippen molar-refractivity contribution in [3.63, 3.8) is 0 Å². The van der Waals surface area contributed by atoms with Gasteiger partial charge in [0.25, 0.3) is 5.91 Å². The van der Waals surface area contributed by atoms with Crippen LogP contribution in [0.4, 0.5) is 24.5 Å². The molecule has 0 aliphatic rings. The van der Waals surface area contributed by atoms with E-state index in [0.717, 1.165) is 21.9 Å². The Kier molecular flexibility index (Phi) is 5.41. The minimum Gasteiger partial charge on any atom is -0.398 e. The first kappa shape index (κ1) is 18.8. The number of benzene rings is 3. The maximum atomic E-state index is 12.8. The molecule has 3 N–H and O–H groups in total. The van der Waals surface area contributed by atoms with E-state index in [1.165, 1.54) is 23.9 Å². The molecule has 0 spiro atoms. The Morgan fingerprint density at radius 1 is 0.926 bits per heavy atom. The predicted octanol–water partition coefficient (Wildman–Crippen LogP) is 5.69. The van der Waals surface area contributed by atoms with Crippen LogP contribution >= 0.6 is 11.8 Å². The maximum Gasteiger partial charge on any atom is 0.416 e. The summed E-state index contributed by atoms with van der Waals surface area (Å²) in [6.45, 7) is 0. The van der Waals surface area contributed by atoms with Crippen molar-refractivity contribution < 1.29 is 18.0 Å². The summed E-state index contributed by atoms with van der Waals surface area (Å²) in [7, 11) is 0. The smallest absolute Gasteiger partial charge is 0.398 e. The van der Waals surface area contributed by atoms with Gasteiger partial charge < -0.3 is 11.1 Å². The molecule has 0 radical (unpaired) electrons. The van der Waals surface area contributed by atoms with Crippen LogP contribution in [-0.2, 0) is 6.18 Å². The standard InChI is InChI=1S/C20H15F3N2OS/c21-20(22,23)14-6-4-5-13(11-14)19(26)25-15-9-10-18(17(24)12-15)27-16-7-2-1-3-8-16/h1-12H,24H2,(H,25,26). The Bertz CT molecular complexity index is 959. The lowest BCUT2D eigenvalue weighted by Crippen LogP contribution is -2.14. The van der Waals surface area contributed by atoms with Crippen molar-refractivity contribution in [3.8, 4) is 0 Å². The summed E-state index contributed by atoms with van der Waals surface area (Å²) in [6.07, 6.45) is -4.50. The lowest BCUT2D eigenvalue weighted by molar-refractivity contribution is -0.137. The first-order chi connectivity index (χ1) is 12.8. The number of hydrogen-bond donors (Lipinski definition) is 2. The zero-order valence-corrected chi connectivity index (χ0v) is 14.8. The fraction of sp³-hybridized carbons (Fsp3) is 0.0500. The average Bonchev–Trinajstić information content (AvgIpc) is 2.64. The SMILES string of the molecule is Nc1cc(NC(=O)c2cccc(C(F)(F)F)c2)ccc1Sc1ccccc1. The number of halogens is 3. The van der Waals surface area contributed by atoms with Crippen molar-refractivity contribution in [2.75, 3.05) is 11.1 Å². The van der Waals surface area contributed by atoms with E-state index < -0.39 is 17.6 Å². The summed E-state index contributed by atoms with van der Waals surface area (Å²) in [5.41, 5.74) is 5.97. The van der Waals surface area contributed by atoms with E-state index in [9.17, 15) is 18.0 Å². The molecular formula is C20H15F3N2OS. The van der Waals surface area contributed by atoms with E-state index in [2.05, 4.69) is 5.32 Å². The highest BCUT2D eigenvalue weighted by atomic mass is 32.2. The Morgan fingerprint density at radius 3 is 2.33 bits per heavy atom. The molecule has 0 aliphatic carbocycles. The van der Waals surface area contributed by atoms with E-state index in [0.29, 0.717) is 11.4 Å². The molecular weight excluding hydrogens is 373 g/mol. The lowest BCUT2D eigenvalue weighted by Gasteiger charge is -2.11. The number of carbonyl (C=O) groups is 1. The molecule has 1 amide bonds. The highest BCUT2D eigenvalue weighted by molar-refractivity contribution is 7.99. The average molecular weight is 388 g/mol. The molecule has 0 aliphatic heterocycles. The Morgan fingerprint density at radius 2 is 1.67 bits per heavy atom. The van der Waals surface area contributed by atoms with Crippen LogP contribution in [0.1, 0.15) is 15.9 Å². The number of carbonyl (C=O) groups excluding carboxylic acids is 1. The minimum absolute atomic E-state index is 0.0777. The van der Waals surface area contributed by atoms with Crippen LogP contribution in [-0.4, -0.2) is 5.91 Å². The molecule has 0 atom stereocenters. The van der Waals surface area contributed by atoms with Crippen LogP contribution in [0.25, 0.3) is 0 Å². The molecule has 0 unspecified atom stereocenters. The van der Waals surface area contributed by atoms with Gasteiger partial charge in [0.2, 0.25) is 0 Å². The summed E-state index contributed by atoms with van der Waals surface area (Å²) >= 11 is 1.48. The van der Waals surface area contributed by atoms with Gasteiger partial charge in [-0.1, -0.05) is 36.0 Å². The largest absolute Gasteiger partial charge is 0.416 e. The van der Waals surface area contributed by atoms with Crippen molar-refractivity contribution in [1.82, 2.24) is 0 Å². The van der Waals surface area contributed by atoms with Gasteiger partial charge in [-0.15, -0.1) is 0 Å².